The lowest BCUT2D eigenvalue weighted by Crippen LogP contribution is -2.28. The van der Waals surface area contributed by atoms with Crippen LogP contribution in [-0.2, 0) is 11.3 Å². The molecule has 0 spiro atoms. The van der Waals surface area contributed by atoms with Crippen LogP contribution in [0.5, 0.6) is 5.75 Å². The molecule has 1 saturated heterocycles. The van der Waals surface area contributed by atoms with Gasteiger partial charge < -0.3 is 14.8 Å². The Bertz CT molecular complexity index is 961. The van der Waals surface area contributed by atoms with Gasteiger partial charge in [-0.3, -0.25) is 14.8 Å². The highest BCUT2D eigenvalue weighted by atomic mass is 35.5. The van der Waals surface area contributed by atoms with Crippen molar-refractivity contribution >= 4 is 28.8 Å². The van der Waals surface area contributed by atoms with Crippen LogP contribution in [-0.4, -0.2) is 42.8 Å². The number of hydrogen-bond acceptors (Lipinski definition) is 6. The highest BCUT2D eigenvalue weighted by Crippen LogP contribution is 2.29. The molecular weight excluding hydrogens is 409 g/mol. The molecule has 0 saturated carbocycles. The van der Waals surface area contributed by atoms with E-state index in [0.717, 1.165) is 38.3 Å². The van der Waals surface area contributed by atoms with E-state index in [1.165, 1.54) is 18.2 Å². The number of pyridine rings is 1. The Morgan fingerprint density at radius 3 is 2.90 bits per heavy atom. The lowest BCUT2D eigenvalue weighted by Gasteiger charge is -2.22. The number of halogens is 2. The van der Waals surface area contributed by atoms with E-state index in [1.807, 2.05) is 0 Å². The number of benzene rings is 1. The van der Waals surface area contributed by atoms with Crippen molar-refractivity contribution in [3.05, 3.63) is 52.6 Å². The standard InChI is InChI=1S/C22H23ClFN3O3/c23-18-10-16(1-2-19(18)24)30-13-15-9-21(28)17-3-6-26-20(22(17)27-15)12-25-11-14-4-7-29-8-5-14/h1-3,6,10,14,25H,4-5,7-9,11-13H2. The van der Waals surface area contributed by atoms with E-state index in [9.17, 15) is 9.18 Å². The Kier molecular flexibility index (Phi) is 6.72. The fraction of sp³-hybridized carbons (Fsp3) is 0.409. The number of carbonyl (C=O) groups is 1. The number of ketones is 1. The van der Waals surface area contributed by atoms with Crippen molar-refractivity contribution in [2.75, 3.05) is 26.4 Å². The zero-order chi connectivity index (χ0) is 20.9. The maximum Gasteiger partial charge on any atom is 0.170 e. The average molecular weight is 432 g/mol. The molecule has 8 heteroatoms. The van der Waals surface area contributed by atoms with Crippen molar-refractivity contribution in [1.82, 2.24) is 10.3 Å². The van der Waals surface area contributed by atoms with Gasteiger partial charge in [0, 0.05) is 37.6 Å². The molecule has 0 bridgehead atoms. The number of nitrogens with zero attached hydrogens (tertiary/aromatic N) is 2. The molecular formula is C22H23ClFN3O3. The van der Waals surface area contributed by atoms with Gasteiger partial charge in [-0.1, -0.05) is 11.6 Å². The number of Topliss-reactive ketones (excluding diaryl/α,β-unsaturated/α-hetero) is 1. The first-order chi connectivity index (χ1) is 14.6. The quantitative estimate of drug-likeness (QED) is 0.713. The summed E-state index contributed by atoms with van der Waals surface area (Å²) in [5.41, 5.74) is 2.53. The molecule has 1 N–H and O–H groups in total. The molecule has 2 aromatic rings. The van der Waals surface area contributed by atoms with Crippen LogP contribution in [0, 0.1) is 11.7 Å². The summed E-state index contributed by atoms with van der Waals surface area (Å²) in [4.78, 5) is 21.7. The lowest BCUT2D eigenvalue weighted by atomic mass is 9.99. The molecule has 1 aromatic carbocycles. The van der Waals surface area contributed by atoms with Crippen LogP contribution in [0.4, 0.5) is 10.1 Å². The Hall–Kier alpha value is -2.35. The van der Waals surface area contributed by atoms with Gasteiger partial charge in [0.1, 0.15) is 18.2 Å². The average Bonchev–Trinajstić information content (AvgIpc) is 2.76. The maximum absolute atomic E-state index is 13.3. The van der Waals surface area contributed by atoms with Crippen LogP contribution in [0.2, 0.25) is 5.02 Å². The van der Waals surface area contributed by atoms with Gasteiger partial charge in [0.05, 0.1) is 28.5 Å². The van der Waals surface area contributed by atoms with Gasteiger partial charge in [0.15, 0.2) is 5.78 Å². The predicted molar refractivity (Wildman–Crippen MR) is 112 cm³/mol. The van der Waals surface area contributed by atoms with E-state index in [-0.39, 0.29) is 23.8 Å². The van der Waals surface area contributed by atoms with E-state index in [0.29, 0.717) is 35.2 Å². The summed E-state index contributed by atoms with van der Waals surface area (Å²) in [6, 6.07) is 5.85. The number of fused-ring (bicyclic) bond motifs is 1. The Morgan fingerprint density at radius 1 is 1.27 bits per heavy atom. The first kappa shape index (κ1) is 20.9. The third-order valence-corrected chi connectivity index (χ3v) is 5.59. The summed E-state index contributed by atoms with van der Waals surface area (Å²) >= 11 is 5.79. The molecule has 0 atom stereocenters. The molecule has 4 rings (SSSR count). The maximum atomic E-state index is 13.3. The van der Waals surface area contributed by atoms with E-state index < -0.39 is 5.82 Å². The fourth-order valence-electron chi connectivity index (χ4n) is 3.62. The monoisotopic (exact) mass is 431 g/mol. The summed E-state index contributed by atoms with van der Waals surface area (Å²) in [5, 5.41) is 3.43. The summed E-state index contributed by atoms with van der Waals surface area (Å²) in [6.07, 6.45) is 3.94. The van der Waals surface area contributed by atoms with Gasteiger partial charge in [0.2, 0.25) is 0 Å². The van der Waals surface area contributed by atoms with Crippen molar-refractivity contribution in [2.45, 2.75) is 25.8 Å². The largest absolute Gasteiger partial charge is 0.488 e. The smallest absolute Gasteiger partial charge is 0.170 e. The second-order valence-corrected chi connectivity index (χ2v) is 7.89. The van der Waals surface area contributed by atoms with Crippen LogP contribution >= 0.6 is 11.6 Å². The summed E-state index contributed by atoms with van der Waals surface area (Å²) in [7, 11) is 0. The molecule has 0 radical (unpaired) electrons. The van der Waals surface area contributed by atoms with Crippen molar-refractivity contribution < 1.29 is 18.7 Å². The summed E-state index contributed by atoms with van der Waals surface area (Å²) in [5.74, 6) is 0.498. The second-order valence-electron chi connectivity index (χ2n) is 7.48. The predicted octanol–water partition coefficient (Wildman–Crippen LogP) is 4.13. The number of aliphatic imine (C=N–C) groups is 1. The highest BCUT2D eigenvalue weighted by Gasteiger charge is 2.23. The Morgan fingerprint density at radius 2 is 2.10 bits per heavy atom. The molecule has 1 aromatic heterocycles. The lowest BCUT2D eigenvalue weighted by molar-refractivity contribution is 0.0662. The molecule has 2 aliphatic heterocycles. The van der Waals surface area contributed by atoms with E-state index in [2.05, 4.69) is 15.3 Å². The Balaban J connectivity index is 1.43. The van der Waals surface area contributed by atoms with Gasteiger partial charge >= 0.3 is 0 Å². The molecule has 0 aliphatic carbocycles. The van der Waals surface area contributed by atoms with Crippen molar-refractivity contribution in [2.24, 2.45) is 10.9 Å². The van der Waals surface area contributed by atoms with Gasteiger partial charge in [0.25, 0.3) is 0 Å². The molecule has 1 fully saturated rings. The van der Waals surface area contributed by atoms with E-state index in [1.54, 1.807) is 12.3 Å². The van der Waals surface area contributed by atoms with Gasteiger partial charge in [-0.05, 0) is 43.5 Å². The molecule has 6 nitrogen and oxygen atoms in total. The molecule has 2 aliphatic rings. The van der Waals surface area contributed by atoms with E-state index >= 15 is 0 Å². The van der Waals surface area contributed by atoms with E-state index in [4.69, 9.17) is 21.1 Å². The van der Waals surface area contributed by atoms with Crippen LogP contribution in [0.25, 0.3) is 0 Å². The van der Waals surface area contributed by atoms with Crippen LogP contribution < -0.4 is 10.1 Å². The van der Waals surface area contributed by atoms with Crippen LogP contribution in [0.15, 0.2) is 35.5 Å². The van der Waals surface area contributed by atoms with Crippen molar-refractivity contribution in [3.63, 3.8) is 0 Å². The van der Waals surface area contributed by atoms with Gasteiger partial charge in [-0.2, -0.15) is 0 Å². The second kappa shape index (κ2) is 9.64. The number of rotatable bonds is 7. The van der Waals surface area contributed by atoms with Crippen LogP contribution in [0.3, 0.4) is 0 Å². The van der Waals surface area contributed by atoms with Gasteiger partial charge in [-0.25, -0.2) is 4.39 Å². The zero-order valence-electron chi connectivity index (χ0n) is 16.5. The minimum Gasteiger partial charge on any atom is -0.488 e. The Labute approximate surface area is 179 Å². The highest BCUT2D eigenvalue weighted by molar-refractivity contribution is 6.30. The third-order valence-electron chi connectivity index (χ3n) is 5.30. The van der Waals surface area contributed by atoms with Gasteiger partial charge in [-0.15, -0.1) is 0 Å². The first-order valence-electron chi connectivity index (χ1n) is 10.0. The SMILES string of the molecule is O=C1CC(COc2ccc(F)c(Cl)c2)=Nc2c1ccnc2CNCC1CCOCC1. The number of ether oxygens (including phenoxy) is 2. The van der Waals surface area contributed by atoms with Crippen molar-refractivity contribution in [1.29, 1.82) is 0 Å². The number of carbonyl (C=O) groups excluding carboxylic acids is 1. The normalized spacial score (nSPS) is 16.9. The summed E-state index contributed by atoms with van der Waals surface area (Å²) in [6.45, 7) is 3.17. The molecule has 3 heterocycles. The molecule has 0 amide bonds. The number of nitrogens with one attached hydrogen (secondary N) is 1. The third kappa shape index (κ3) is 5.03. The summed E-state index contributed by atoms with van der Waals surface area (Å²) < 4.78 is 24.4. The fourth-order valence-corrected chi connectivity index (χ4v) is 3.79. The van der Waals surface area contributed by atoms with Crippen LogP contribution in [0.1, 0.15) is 35.3 Å². The molecule has 158 valence electrons. The first-order valence-corrected chi connectivity index (χ1v) is 10.4. The minimum absolute atomic E-state index is 0.0104. The van der Waals surface area contributed by atoms with Crippen molar-refractivity contribution in [3.8, 4) is 5.75 Å². The topological polar surface area (TPSA) is 72.8 Å². The minimum atomic E-state index is -0.507. The molecule has 0 unspecified atom stereocenters. The number of hydrogen-bond donors (Lipinski definition) is 1. The number of aromatic nitrogens is 1. The molecule has 30 heavy (non-hydrogen) atoms. The zero-order valence-corrected chi connectivity index (χ0v) is 17.3.